The monoisotopic (exact) mass is 320 g/mol. The van der Waals surface area contributed by atoms with Gasteiger partial charge in [-0.1, -0.05) is 0 Å². The van der Waals surface area contributed by atoms with Crippen LogP contribution >= 0.6 is 7.82 Å². The first kappa shape index (κ1) is 26.9. The van der Waals surface area contributed by atoms with E-state index in [4.69, 9.17) is 34.6 Å². The van der Waals surface area contributed by atoms with Crippen molar-refractivity contribution in [3.05, 3.63) is 0 Å². The highest BCUT2D eigenvalue weighted by atomic mass is 31.2. The van der Waals surface area contributed by atoms with Gasteiger partial charge in [-0.15, -0.1) is 0 Å². The Balaban J connectivity index is -0.0000000853. The molecule has 20 heavy (non-hydrogen) atoms. The van der Waals surface area contributed by atoms with E-state index in [1.54, 1.807) is 0 Å². The van der Waals surface area contributed by atoms with Gasteiger partial charge in [-0.2, -0.15) is 7.82 Å². The molecule has 0 fully saturated rings. The van der Waals surface area contributed by atoms with Crippen molar-refractivity contribution in [1.29, 1.82) is 0 Å². The average Bonchev–Trinajstić information content (AvgIpc) is 2.28. The average molecular weight is 320 g/mol. The third-order valence-electron chi connectivity index (χ3n) is 0.524. The van der Waals surface area contributed by atoms with Crippen LogP contribution < -0.4 is 31.9 Å². The molecule has 0 aromatic rings. The predicted molar refractivity (Wildman–Crippen MR) is 57.7 cm³/mol. The first-order chi connectivity index (χ1) is 8.81. The van der Waals surface area contributed by atoms with E-state index in [2.05, 4.69) is 17.2 Å². The summed E-state index contributed by atoms with van der Waals surface area (Å²) in [5.41, 5.74) is 13.7. The largest absolute Gasteiger partial charge is 0.822 e. The van der Waals surface area contributed by atoms with Gasteiger partial charge in [-0.3, -0.25) is 14.4 Å². The van der Waals surface area contributed by atoms with Gasteiger partial charge in [0.25, 0.3) is 0 Å². The summed E-state index contributed by atoms with van der Waals surface area (Å²) >= 11 is 0. The number of hydrogen-bond acceptors (Lipinski definition) is 10. The van der Waals surface area contributed by atoms with Gasteiger partial charge in [0.1, 0.15) is 0 Å². The second-order valence-corrected chi connectivity index (χ2v) is 3.14. The fourth-order valence-electron chi connectivity index (χ4n) is 0. The van der Waals surface area contributed by atoms with E-state index in [0.717, 1.165) is 0 Å². The van der Waals surface area contributed by atoms with Gasteiger partial charge in [-0.25, -0.2) is 0 Å². The lowest BCUT2D eigenvalue weighted by Crippen LogP contribution is -2.24. The lowest BCUT2D eigenvalue weighted by atomic mass is 10.7. The summed E-state index contributed by atoms with van der Waals surface area (Å²) in [6, 6.07) is 0. The summed E-state index contributed by atoms with van der Waals surface area (Å²) in [7, 11) is -5.39. The molecule has 0 amide bonds. The Morgan fingerprint density at radius 3 is 0.800 bits per heavy atom. The van der Waals surface area contributed by atoms with Crippen LogP contribution in [0, 0.1) is 0 Å². The molecule has 13 nitrogen and oxygen atoms in total. The molecule has 0 saturated heterocycles. The van der Waals surface area contributed by atoms with Gasteiger partial charge in [0.15, 0.2) is 0 Å². The van der Waals surface area contributed by atoms with Crippen molar-refractivity contribution in [3.63, 3.8) is 0 Å². The van der Waals surface area contributed by atoms with E-state index in [-0.39, 0.29) is 19.6 Å². The number of hydrogen-bond donors (Lipinski definition) is 6. The van der Waals surface area contributed by atoms with Crippen LogP contribution in [0.4, 0.5) is 0 Å². The first-order valence-corrected chi connectivity index (χ1v) is 5.76. The van der Waals surface area contributed by atoms with Gasteiger partial charge in [0.2, 0.25) is 0 Å². The highest BCUT2D eigenvalue weighted by molar-refractivity contribution is 7.40. The Hall–Kier alpha value is -1.60. The number of phosphoric acid groups is 1. The van der Waals surface area contributed by atoms with Crippen molar-refractivity contribution < 1.29 is 48.9 Å². The zero-order valence-electron chi connectivity index (χ0n) is 10.00. The van der Waals surface area contributed by atoms with Gasteiger partial charge >= 0.3 is 17.9 Å². The zero-order valence-corrected chi connectivity index (χ0v) is 10.9. The van der Waals surface area contributed by atoms with E-state index in [9.17, 15) is 14.4 Å². The van der Waals surface area contributed by atoms with Crippen LogP contribution in [0.15, 0.2) is 0 Å². The second-order valence-electron chi connectivity index (χ2n) is 2.24. The maximum absolute atomic E-state index is 9.24. The number of aliphatic carboxylic acids is 3. The molecule has 0 aliphatic heterocycles. The molecule has 0 rings (SSSR count). The molecule has 0 aromatic carbocycles. The summed E-state index contributed by atoms with van der Waals surface area (Å²) in [6.07, 6.45) is 0. The smallest absolute Gasteiger partial charge is 0.317 e. The zero-order chi connectivity index (χ0) is 17.4. The molecule has 0 unspecified atom stereocenters. The highest BCUT2D eigenvalue weighted by Gasteiger charge is 1.81. The number of carboxylic acid groups (broad SMARTS) is 3. The maximum Gasteiger partial charge on any atom is 0.317 e. The Morgan fingerprint density at radius 2 is 0.800 bits per heavy atom. The highest BCUT2D eigenvalue weighted by Crippen LogP contribution is 2.03. The lowest BCUT2D eigenvalue weighted by molar-refractivity contribution is -0.432. The molecule has 0 radical (unpaired) electrons. The van der Waals surface area contributed by atoms with Crippen molar-refractivity contribution >= 4 is 25.7 Å². The van der Waals surface area contributed by atoms with E-state index in [1.807, 2.05) is 0 Å². The van der Waals surface area contributed by atoms with Gasteiger partial charge in [-0.05, 0) is 0 Å². The van der Waals surface area contributed by atoms with Crippen molar-refractivity contribution in [2.24, 2.45) is 17.2 Å². The summed E-state index contributed by atoms with van der Waals surface area (Å²) in [5, 5.41) is 22.8. The number of nitrogens with two attached hydrogens (primary N) is 3. The summed E-state index contributed by atoms with van der Waals surface area (Å²) in [5.74, 6) is -2.90. The molecular weight excluding hydrogens is 305 g/mol. The molecule has 122 valence electrons. The van der Waals surface area contributed by atoms with Crippen molar-refractivity contribution in [2.45, 2.75) is 0 Å². The van der Waals surface area contributed by atoms with Crippen LogP contribution in [-0.2, 0) is 18.9 Å². The predicted octanol–water partition coefficient (Wildman–Crippen LogP) is -5.74. The minimum Gasteiger partial charge on any atom is -0.822 e. The summed E-state index contributed by atoms with van der Waals surface area (Å²) < 4.78 is 8.55. The van der Waals surface area contributed by atoms with Crippen LogP contribution in [0.3, 0.4) is 0 Å². The van der Waals surface area contributed by atoms with Crippen LogP contribution in [-0.4, -0.2) is 52.9 Å². The Kier molecular flexibility index (Phi) is 23.4. The SMILES string of the molecule is NCC(=O)O.NCC(=O)O.NCC(=O)O.O=P([O-])([O-])[O-]. The van der Waals surface area contributed by atoms with Crippen LogP contribution in [0.2, 0.25) is 0 Å². The molecule has 0 aliphatic rings. The molecule has 0 spiro atoms. The van der Waals surface area contributed by atoms with Crippen LogP contribution in [0.5, 0.6) is 0 Å². The number of carboxylic acids is 3. The fraction of sp³-hybridized carbons (Fsp3) is 0.500. The maximum atomic E-state index is 9.24. The third kappa shape index (κ3) is 201. The van der Waals surface area contributed by atoms with E-state index >= 15 is 0 Å². The number of rotatable bonds is 3. The van der Waals surface area contributed by atoms with Crippen LogP contribution in [0.25, 0.3) is 0 Å². The van der Waals surface area contributed by atoms with E-state index in [1.165, 1.54) is 0 Å². The minimum absolute atomic E-state index is 0.278. The standard InChI is InChI=1S/3C2H5NO2.H3O4P/c3*3-1-2(4)5;1-5(2,3)4/h3*1,3H2,(H,4,5);(H3,1,2,3,4)/p-3. The van der Waals surface area contributed by atoms with Gasteiger partial charge in [0.05, 0.1) is 19.6 Å². The number of carbonyl (C=O) groups is 3. The topological polar surface area (TPSA) is 276 Å². The molecule has 14 heteroatoms. The van der Waals surface area contributed by atoms with E-state index < -0.39 is 25.7 Å². The van der Waals surface area contributed by atoms with Gasteiger partial charge < -0.3 is 51.8 Å². The fourth-order valence-corrected chi connectivity index (χ4v) is 0. The molecule has 0 atom stereocenters. The molecule has 9 N–H and O–H groups in total. The van der Waals surface area contributed by atoms with Crippen molar-refractivity contribution in [1.82, 2.24) is 0 Å². The Labute approximate surface area is 112 Å². The van der Waals surface area contributed by atoms with E-state index in [0.29, 0.717) is 0 Å². The molecule has 0 saturated carbocycles. The summed E-state index contributed by atoms with van der Waals surface area (Å²) in [4.78, 5) is 53.4. The second kappa shape index (κ2) is 17.4. The molecular formula is C6H15N3O10P-3. The molecule has 0 heterocycles. The summed E-state index contributed by atoms with van der Waals surface area (Å²) in [6.45, 7) is -0.833. The minimum atomic E-state index is -5.39. The molecule has 0 aliphatic carbocycles. The quantitative estimate of drug-likeness (QED) is 0.264. The first-order valence-electron chi connectivity index (χ1n) is 4.30. The van der Waals surface area contributed by atoms with Crippen molar-refractivity contribution in [2.75, 3.05) is 19.6 Å². The third-order valence-corrected chi connectivity index (χ3v) is 0.524. The molecule has 0 aromatic heterocycles. The van der Waals surface area contributed by atoms with Crippen LogP contribution in [0.1, 0.15) is 0 Å². The lowest BCUT2D eigenvalue weighted by Gasteiger charge is -2.36. The Bertz CT molecular complexity index is 275. The Morgan fingerprint density at radius 1 is 0.750 bits per heavy atom. The normalized spacial score (nSPS) is 8.50. The van der Waals surface area contributed by atoms with Gasteiger partial charge in [0, 0.05) is 0 Å². The van der Waals surface area contributed by atoms with Crippen molar-refractivity contribution in [3.8, 4) is 0 Å². The molecule has 0 bridgehead atoms.